The molecule has 1 fully saturated rings. The molecule has 4 aromatic rings. The molecule has 0 saturated heterocycles. The van der Waals surface area contributed by atoms with Gasteiger partial charge in [0.25, 0.3) is 10.0 Å². The first kappa shape index (κ1) is 22.9. The van der Waals surface area contributed by atoms with E-state index in [9.17, 15) is 16.8 Å². The third kappa shape index (κ3) is 3.99. The standard InChI is InChI=1S/C22H26N6O4S2/c1-3-12-33(29,30)26-17-7-6-16(13-17)21-25-24-20-14-23-22-19(28(20)21)10-11-27(22)34(31,32)18-8-4-15(2)5-9-18/h4-5,8-11,14,16-17,26H,3,6-7,12-13H2,1-2H3/t16-,17+/m1/s1. The van der Waals surface area contributed by atoms with Gasteiger partial charge >= 0.3 is 0 Å². The highest BCUT2D eigenvalue weighted by Crippen LogP contribution is 2.35. The number of nitrogens with one attached hydrogen (secondary N) is 1. The van der Waals surface area contributed by atoms with Crippen molar-refractivity contribution in [3.63, 3.8) is 0 Å². The lowest BCUT2D eigenvalue weighted by Gasteiger charge is -2.13. The van der Waals surface area contributed by atoms with Gasteiger partial charge in [-0.2, -0.15) is 0 Å². The zero-order chi connectivity index (χ0) is 24.1. The predicted octanol–water partition coefficient (Wildman–Crippen LogP) is 2.59. The quantitative estimate of drug-likeness (QED) is 0.411. The molecule has 12 heteroatoms. The van der Waals surface area contributed by atoms with Crippen LogP contribution in [-0.4, -0.2) is 52.2 Å². The van der Waals surface area contributed by atoms with E-state index in [1.807, 2.05) is 18.2 Å². The molecule has 3 heterocycles. The van der Waals surface area contributed by atoms with Crippen LogP contribution in [0.4, 0.5) is 0 Å². The minimum atomic E-state index is -3.83. The summed E-state index contributed by atoms with van der Waals surface area (Å²) < 4.78 is 56.7. The zero-order valence-corrected chi connectivity index (χ0v) is 20.6. The molecule has 0 radical (unpaired) electrons. The summed E-state index contributed by atoms with van der Waals surface area (Å²) in [5.41, 5.74) is 2.36. The van der Waals surface area contributed by atoms with Gasteiger partial charge in [-0.15, -0.1) is 10.2 Å². The fourth-order valence-corrected chi connectivity index (χ4v) is 7.31. The molecular weight excluding hydrogens is 476 g/mol. The number of nitrogens with zero attached hydrogens (tertiary/aromatic N) is 5. The number of sulfonamides is 1. The number of aryl methyl sites for hydroxylation is 1. The van der Waals surface area contributed by atoms with Crippen LogP contribution in [-0.2, 0) is 20.0 Å². The minimum absolute atomic E-state index is 0.00742. The smallest absolute Gasteiger partial charge is 0.269 e. The topological polar surface area (TPSA) is 128 Å². The third-order valence-electron chi connectivity index (χ3n) is 6.26. The zero-order valence-electron chi connectivity index (χ0n) is 18.9. The highest BCUT2D eigenvalue weighted by molar-refractivity contribution is 7.90. The van der Waals surface area contributed by atoms with Gasteiger partial charge in [-0.25, -0.2) is 30.5 Å². The molecule has 0 bridgehead atoms. The lowest BCUT2D eigenvalue weighted by atomic mass is 10.1. The molecule has 1 saturated carbocycles. The van der Waals surface area contributed by atoms with Crippen molar-refractivity contribution in [2.45, 2.75) is 56.4 Å². The van der Waals surface area contributed by atoms with Gasteiger partial charge in [0.15, 0.2) is 11.3 Å². The first-order valence-electron chi connectivity index (χ1n) is 11.2. The molecule has 0 amide bonds. The van der Waals surface area contributed by atoms with E-state index >= 15 is 0 Å². The Kier molecular flexibility index (Phi) is 5.69. The summed E-state index contributed by atoms with van der Waals surface area (Å²) in [5.74, 6) is 0.786. The third-order valence-corrected chi connectivity index (χ3v) is 9.58. The van der Waals surface area contributed by atoms with Crippen LogP contribution in [0.25, 0.3) is 16.8 Å². The van der Waals surface area contributed by atoms with Crippen molar-refractivity contribution < 1.29 is 16.8 Å². The Labute approximate surface area is 198 Å². The Bertz CT molecular complexity index is 1570. The van der Waals surface area contributed by atoms with E-state index in [2.05, 4.69) is 19.9 Å². The maximum absolute atomic E-state index is 13.3. The van der Waals surface area contributed by atoms with E-state index in [4.69, 9.17) is 0 Å². The van der Waals surface area contributed by atoms with Gasteiger partial charge in [0.2, 0.25) is 10.0 Å². The highest BCUT2D eigenvalue weighted by Gasteiger charge is 2.32. The first-order valence-corrected chi connectivity index (χ1v) is 14.3. The Morgan fingerprint density at radius 1 is 1.06 bits per heavy atom. The summed E-state index contributed by atoms with van der Waals surface area (Å²) in [4.78, 5) is 4.55. The largest absolute Gasteiger partial charge is 0.274 e. The molecule has 3 aromatic heterocycles. The lowest BCUT2D eigenvalue weighted by molar-refractivity contribution is 0.545. The van der Waals surface area contributed by atoms with E-state index in [1.165, 1.54) is 16.4 Å². The maximum Gasteiger partial charge on any atom is 0.269 e. The van der Waals surface area contributed by atoms with Crippen molar-refractivity contribution in [3.05, 3.63) is 54.1 Å². The SMILES string of the molecule is CCCS(=O)(=O)N[C@H]1CC[C@@H](c2nnc3cnc4c(ccn4S(=O)(=O)c4ccc(C)cc4)n23)C1. The lowest BCUT2D eigenvalue weighted by Crippen LogP contribution is -2.34. The monoisotopic (exact) mass is 502 g/mol. The van der Waals surface area contributed by atoms with Crippen LogP contribution in [0.2, 0.25) is 0 Å². The van der Waals surface area contributed by atoms with Crippen molar-refractivity contribution in [1.29, 1.82) is 0 Å². The second kappa shape index (κ2) is 8.43. The number of benzene rings is 1. The number of fused-ring (bicyclic) bond motifs is 3. The van der Waals surface area contributed by atoms with Crippen molar-refractivity contribution >= 4 is 36.9 Å². The van der Waals surface area contributed by atoms with Crippen molar-refractivity contribution in [2.24, 2.45) is 0 Å². The van der Waals surface area contributed by atoms with E-state index in [1.54, 1.807) is 30.3 Å². The average molecular weight is 503 g/mol. The number of aromatic nitrogens is 5. The van der Waals surface area contributed by atoms with Gasteiger partial charge in [0.1, 0.15) is 5.82 Å². The summed E-state index contributed by atoms with van der Waals surface area (Å²) >= 11 is 0. The van der Waals surface area contributed by atoms with Gasteiger partial charge in [0, 0.05) is 18.2 Å². The molecule has 5 rings (SSSR count). The summed E-state index contributed by atoms with van der Waals surface area (Å²) in [6.07, 6.45) is 5.64. The van der Waals surface area contributed by atoms with Crippen LogP contribution in [0.5, 0.6) is 0 Å². The molecule has 34 heavy (non-hydrogen) atoms. The minimum Gasteiger partial charge on any atom is -0.274 e. The Balaban J connectivity index is 1.52. The molecular formula is C22H26N6O4S2. The van der Waals surface area contributed by atoms with Crippen LogP contribution < -0.4 is 4.72 Å². The molecule has 1 N–H and O–H groups in total. The van der Waals surface area contributed by atoms with Crippen LogP contribution in [0.3, 0.4) is 0 Å². The van der Waals surface area contributed by atoms with Crippen molar-refractivity contribution in [3.8, 4) is 0 Å². The van der Waals surface area contributed by atoms with Gasteiger partial charge in [-0.1, -0.05) is 24.6 Å². The molecule has 10 nitrogen and oxygen atoms in total. The highest BCUT2D eigenvalue weighted by atomic mass is 32.2. The van der Waals surface area contributed by atoms with E-state index in [-0.39, 0.29) is 28.3 Å². The molecule has 1 aromatic carbocycles. The van der Waals surface area contributed by atoms with E-state index in [0.717, 1.165) is 12.0 Å². The van der Waals surface area contributed by atoms with E-state index < -0.39 is 20.0 Å². The Morgan fingerprint density at radius 2 is 1.82 bits per heavy atom. The summed E-state index contributed by atoms with van der Waals surface area (Å²) in [6.45, 7) is 3.74. The Hall–Kier alpha value is -2.83. The second-order valence-electron chi connectivity index (χ2n) is 8.79. The Morgan fingerprint density at radius 3 is 2.56 bits per heavy atom. The fourth-order valence-electron chi connectivity index (χ4n) is 4.64. The molecule has 1 aliphatic carbocycles. The molecule has 1 aliphatic rings. The second-order valence-corrected chi connectivity index (χ2v) is 12.5. The van der Waals surface area contributed by atoms with Gasteiger partial charge in [-0.3, -0.25) is 4.40 Å². The fraction of sp³-hybridized carbons (Fsp3) is 0.409. The van der Waals surface area contributed by atoms with Crippen LogP contribution in [0.1, 0.15) is 49.9 Å². The number of rotatable bonds is 7. The molecule has 2 atom stereocenters. The molecule has 0 spiro atoms. The van der Waals surface area contributed by atoms with Crippen LogP contribution >= 0.6 is 0 Å². The average Bonchev–Trinajstić information content (AvgIpc) is 3.50. The predicted molar refractivity (Wildman–Crippen MR) is 128 cm³/mol. The molecule has 180 valence electrons. The normalized spacial score (nSPS) is 19.4. The summed E-state index contributed by atoms with van der Waals surface area (Å²) in [7, 11) is -7.13. The van der Waals surface area contributed by atoms with Gasteiger partial charge in [-0.05, 0) is 50.8 Å². The van der Waals surface area contributed by atoms with Gasteiger partial charge in [0.05, 0.1) is 22.4 Å². The molecule has 0 unspecified atom stereocenters. The van der Waals surface area contributed by atoms with Crippen molar-refractivity contribution in [2.75, 3.05) is 5.75 Å². The van der Waals surface area contributed by atoms with Gasteiger partial charge < -0.3 is 0 Å². The summed E-state index contributed by atoms with van der Waals surface area (Å²) in [6, 6.07) is 8.22. The van der Waals surface area contributed by atoms with Crippen LogP contribution in [0, 0.1) is 6.92 Å². The van der Waals surface area contributed by atoms with Crippen molar-refractivity contribution in [1.82, 2.24) is 28.3 Å². The van der Waals surface area contributed by atoms with E-state index in [0.29, 0.717) is 36.3 Å². The van der Waals surface area contributed by atoms with Crippen LogP contribution in [0.15, 0.2) is 47.6 Å². The molecule has 0 aliphatic heterocycles. The number of hydrogen-bond donors (Lipinski definition) is 1. The first-order chi connectivity index (χ1) is 16.2. The number of hydrogen-bond acceptors (Lipinski definition) is 7. The maximum atomic E-state index is 13.3. The summed E-state index contributed by atoms with van der Waals surface area (Å²) in [5, 5.41) is 8.61.